The Morgan fingerprint density at radius 3 is 2.63 bits per heavy atom. The van der Waals surface area contributed by atoms with E-state index in [9.17, 15) is 14.7 Å². The van der Waals surface area contributed by atoms with Crippen LogP contribution in [0, 0.1) is 29.6 Å². The minimum absolute atomic E-state index is 0.00241. The third-order valence-electron chi connectivity index (χ3n) is 5.44. The fraction of sp³-hybridized carbons (Fsp3) is 0.733. The highest BCUT2D eigenvalue weighted by Crippen LogP contribution is 2.51. The van der Waals surface area contributed by atoms with Crippen molar-refractivity contribution in [1.82, 2.24) is 0 Å². The number of rotatable bonds is 0. The standard InChI is InChI=1S/C15H20O4/c1-6-9-4-12(17)8(3)13(9)14-10(5-11(6)16)7(2)15(18)19-14/h7-11,13-14,16H,1,4-5H2,2-3H3/t7-,8+,9-,10-,11+,13?,14+/m0/s1. The average Bonchev–Trinajstić information content (AvgIpc) is 2.77. The Hall–Kier alpha value is -1.16. The molecular weight excluding hydrogens is 244 g/mol. The van der Waals surface area contributed by atoms with Crippen molar-refractivity contribution in [2.24, 2.45) is 29.6 Å². The molecule has 1 aliphatic heterocycles. The lowest BCUT2D eigenvalue weighted by Gasteiger charge is -2.27. The molecule has 0 radical (unpaired) electrons. The zero-order valence-corrected chi connectivity index (χ0v) is 11.3. The molecule has 104 valence electrons. The van der Waals surface area contributed by atoms with E-state index in [1.54, 1.807) is 0 Å². The second-order valence-electron chi connectivity index (χ2n) is 6.32. The Bertz CT molecular complexity index is 455. The molecule has 1 saturated heterocycles. The van der Waals surface area contributed by atoms with Crippen molar-refractivity contribution in [3.63, 3.8) is 0 Å². The van der Waals surface area contributed by atoms with Gasteiger partial charge in [-0.1, -0.05) is 20.4 Å². The van der Waals surface area contributed by atoms with E-state index in [2.05, 4.69) is 6.58 Å². The van der Waals surface area contributed by atoms with Gasteiger partial charge in [0.15, 0.2) is 0 Å². The number of hydrogen-bond donors (Lipinski definition) is 1. The number of ether oxygens (including phenoxy) is 1. The van der Waals surface area contributed by atoms with Crippen molar-refractivity contribution < 1.29 is 19.4 Å². The van der Waals surface area contributed by atoms with Crippen molar-refractivity contribution in [3.05, 3.63) is 12.2 Å². The monoisotopic (exact) mass is 264 g/mol. The van der Waals surface area contributed by atoms with Crippen LogP contribution in [0.3, 0.4) is 0 Å². The van der Waals surface area contributed by atoms with E-state index in [1.807, 2.05) is 13.8 Å². The Labute approximate surface area is 112 Å². The summed E-state index contributed by atoms with van der Waals surface area (Å²) >= 11 is 0. The van der Waals surface area contributed by atoms with Gasteiger partial charge in [0, 0.05) is 24.2 Å². The zero-order valence-electron chi connectivity index (χ0n) is 11.3. The first-order valence-electron chi connectivity index (χ1n) is 7.01. The summed E-state index contributed by atoms with van der Waals surface area (Å²) in [6.07, 6.45) is 0.0849. The quantitative estimate of drug-likeness (QED) is 0.529. The molecule has 0 aromatic heterocycles. The van der Waals surface area contributed by atoms with Crippen LogP contribution in [0.4, 0.5) is 0 Å². The number of fused-ring (bicyclic) bond motifs is 3. The molecule has 3 aliphatic rings. The van der Waals surface area contributed by atoms with Gasteiger partial charge in [-0.3, -0.25) is 9.59 Å². The normalized spacial score (nSPS) is 49.6. The Kier molecular flexibility index (Phi) is 2.82. The molecule has 4 heteroatoms. The third kappa shape index (κ3) is 1.69. The fourth-order valence-corrected chi connectivity index (χ4v) is 4.14. The molecule has 0 spiro atoms. The first-order valence-corrected chi connectivity index (χ1v) is 7.01. The summed E-state index contributed by atoms with van der Waals surface area (Å²) in [5.41, 5.74) is 0.750. The molecule has 19 heavy (non-hydrogen) atoms. The molecule has 2 aliphatic carbocycles. The van der Waals surface area contributed by atoms with Gasteiger partial charge in [0.25, 0.3) is 0 Å². The van der Waals surface area contributed by atoms with E-state index < -0.39 is 6.10 Å². The molecule has 2 saturated carbocycles. The van der Waals surface area contributed by atoms with Gasteiger partial charge >= 0.3 is 5.97 Å². The molecule has 7 atom stereocenters. The minimum Gasteiger partial charge on any atom is -0.461 e. The summed E-state index contributed by atoms with van der Waals surface area (Å²) in [5.74, 6) is -0.351. The van der Waals surface area contributed by atoms with Crippen molar-refractivity contribution in [2.45, 2.75) is 38.9 Å². The van der Waals surface area contributed by atoms with Crippen LogP contribution in [0.15, 0.2) is 12.2 Å². The number of hydrogen-bond acceptors (Lipinski definition) is 4. The lowest BCUT2D eigenvalue weighted by molar-refractivity contribution is -0.146. The van der Waals surface area contributed by atoms with Crippen LogP contribution in [-0.4, -0.2) is 29.1 Å². The number of ketones is 1. The van der Waals surface area contributed by atoms with Gasteiger partial charge in [0.1, 0.15) is 11.9 Å². The molecule has 4 nitrogen and oxygen atoms in total. The van der Waals surface area contributed by atoms with Gasteiger partial charge in [-0.25, -0.2) is 0 Å². The van der Waals surface area contributed by atoms with Gasteiger partial charge in [-0.15, -0.1) is 0 Å². The molecule has 1 N–H and O–H groups in total. The van der Waals surface area contributed by atoms with Gasteiger partial charge in [0.05, 0.1) is 12.0 Å². The summed E-state index contributed by atoms with van der Waals surface area (Å²) in [4.78, 5) is 23.8. The summed E-state index contributed by atoms with van der Waals surface area (Å²) < 4.78 is 5.54. The van der Waals surface area contributed by atoms with E-state index in [-0.39, 0.29) is 47.4 Å². The van der Waals surface area contributed by atoms with Crippen LogP contribution in [-0.2, 0) is 14.3 Å². The molecule has 0 amide bonds. The highest BCUT2D eigenvalue weighted by molar-refractivity contribution is 5.85. The number of esters is 1. The Morgan fingerprint density at radius 1 is 1.26 bits per heavy atom. The molecule has 1 unspecified atom stereocenters. The highest BCUT2D eigenvalue weighted by Gasteiger charge is 2.56. The number of carbonyl (C=O) groups is 2. The molecule has 1 heterocycles. The average molecular weight is 264 g/mol. The molecule has 3 rings (SSSR count). The maximum atomic E-state index is 12.0. The summed E-state index contributed by atoms with van der Waals surface area (Å²) in [6, 6.07) is 0. The largest absolute Gasteiger partial charge is 0.461 e. The number of aliphatic hydroxyl groups excluding tert-OH is 1. The van der Waals surface area contributed by atoms with Crippen molar-refractivity contribution in [2.75, 3.05) is 0 Å². The van der Waals surface area contributed by atoms with E-state index >= 15 is 0 Å². The Morgan fingerprint density at radius 2 is 1.95 bits per heavy atom. The first kappa shape index (κ1) is 12.9. The SMILES string of the molecule is C=C1[C@H](O)C[C@H]2[C@H](C)C(=O)O[C@H]2C2[C@H](C)C(=O)C[C@@H]12. The van der Waals surface area contributed by atoms with Crippen LogP contribution in [0.1, 0.15) is 26.7 Å². The smallest absolute Gasteiger partial charge is 0.309 e. The number of carbonyl (C=O) groups excluding carboxylic acids is 2. The summed E-state index contributed by atoms with van der Waals surface area (Å²) in [6.45, 7) is 7.76. The van der Waals surface area contributed by atoms with Crippen molar-refractivity contribution >= 4 is 11.8 Å². The molecule has 0 bridgehead atoms. The van der Waals surface area contributed by atoms with Gasteiger partial charge in [0.2, 0.25) is 0 Å². The highest BCUT2D eigenvalue weighted by atomic mass is 16.6. The summed E-state index contributed by atoms with van der Waals surface area (Å²) in [5, 5.41) is 10.3. The first-order chi connectivity index (χ1) is 8.91. The van der Waals surface area contributed by atoms with Gasteiger partial charge in [-0.05, 0) is 17.9 Å². The van der Waals surface area contributed by atoms with Crippen molar-refractivity contribution in [3.8, 4) is 0 Å². The fourth-order valence-electron chi connectivity index (χ4n) is 4.14. The number of Topliss-reactive ketones (excluding diaryl/α,β-unsaturated/α-hetero) is 1. The van der Waals surface area contributed by atoms with E-state index in [0.717, 1.165) is 5.57 Å². The van der Waals surface area contributed by atoms with Gasteiger partial charge in [-0.2, -0.15) is 0 Å². The van der Waals surface area contributed by atoms with Crippen LogP contribution in [0.2, 0.25) is 0 Å². The van der Waals surface area contributed by atoms with Crippen LogP contribution >= 0.6 is 0 Å². The van der Waals surface area contributed by atoms with Gasteiger partial charge < -0.3 is 9.84 Å². The Balaban J connectivity index is 2.02. The summed E-state index contributed by atoms with van der Waals surface area (Å²) in [7, 11) is 0. The van der Waals surface area contributed by atoms with E-state index in [1.165, 1.54) is 0 Å². The van der Waals surface area contributed by atoms with Crippen molar-refractivity contribution in [1.29, 1.82) is 0 Å². The van der Waals surface area contributed by atoms with Crippen LogP contribution in [0.5, 0.6) is 0 Å². The van der Waals surface area contributed by atoms with E-state index in [0.29, 0.717) is 12.8 Å². The topological polar surface area (TPSA) is 63.6 Å². The predicted octanol–water partition coefficient (Wildman–Crippen LogP) is 1.33. The molecule has 0 aromatic rings. The molecule has 3 fully saturated rings. The maximum absolute atomic E-state index is 12.0. The maximum Gasteiger partial charge on any atom is 0.309 e. The predicted molar refractivity (Wildman–Crippen MR) is 68.1 cm³/mol. The second kappa shape index (κ2) is 4.17. The minimum atomic E-state index is -0.627. The zero-order chi connectivity index (χ0) is 13.9. The van der Waals surface area contributed by atoms with E-state index in [4.69, 9.17) is 4.74 Å². The lowest BCUT2D eigenvalue weighted by atomic mass is 9.78. The molecular formula is C15H20O4. The van der Waals surface area contributed by atoms with Crippen LogP contribution in [0.25, 0.3) is 0 Å². The number of aliphatic hydroxyl groups is 1. The third-order valence-corrected chi connectivity index (χ3v) is 5.44. The molecule has 0 aromatic carbocycles. The second-order valence-corrected chi connectivity index (χ2v) is 6.32. The lowest BCUT2D eigenvalue weighted by Crippen LogP contribution is -2.32. The van der Waals surface area contributed by atoms with Crippen LogP contribution < -0.4 is 0 Å².